The zero-order valence-electron chi connectivity index (χ0n) is 23.2. The molecule has 1 aromatic carbocycles. The topological polar surface area (TPSA) is 135 Å². The average Bonchev–Trinajstić information content (AvgIpc) is 3.45. The summed E-state index contributed by atoms with van der Waals surface area (Å²) in [6, 6.07) is 6.29. The lowest BCUT2D eigenvalue weighted by Gasteiger charge is -2.24. The van der Waals surface area contributed by atoms with Crippen molar-refractivity contribution in [1.82, 2.24) is 19.5 Å². The summed E-state index contributed by atoms with van der Waals surface area (Å²) in [7, 11) is 0. The van der Waals surface area contributed by atoms with Crippen LogP contribution in [0.4, 0.5) is 5.82 Å². The highest BCUT2D eigenvalue weighted by Gasteiger charge is 2.51. The predicted octanol–water partition coefficient (Wildman–Crippen LogP) is 2.96. The Bertz CT molecular complexity index is 1420. The van der Waals surface area contributed by atoms with Crippen LogP contribution in [0.2, 0.25) is 0 Å². The monoisotopic (exact) mass is 551 g/mol. The fraction of sp³-hybridized carbons (Fsp3) is 0.429. The van der Waals surface area contributed by atoms with Crippen LogP contribution < -0.4 is 4.90 Å². The van der Waals surface area contributed by atoms with Crippen molar-refractivity contribution in [2.24, 2.45) is 0 Å². The van der Waals surface area contributed by atoms with Crippen LogP contribution in [0.15, 0.2) is 43.5 Å². The molecule has 3 heterocycles. The summed E-state index contributed by atoms with van der Waals surface area (Å²) in [6.45, 7) is 12.6. The lowest BCUT2D eigenvalue weighted by Crippen LogP contribution is -2.40. The molecule has 0 N–H and O–H groups in total. The number of rotatable bonds is 10. The van der Waals surface area contributed by atoms with Crippen LogP contribution in [-0.2, 0) is 39.9 Å². The van der Waals surface area contributed by atoms with Crippen LogP contribution in [0, 0.1) is 13.8 Å². The number of nitrogens with zero attached hydrogens (tertiary/aromatic N) is 5. The molecule has 12 heteroatoms. The molecule has 4 rings (SSSR count). The average molecular weight is 552 g/mol. The van der Waals surface area contributed by atoms with Crippen molar-refractivity contribution in [2.75, 3.05) is 18.1 Å². The normalized spacial score (nSPS) is 20.2. The van der Waals surface area contributed by atoms with Gasteiger partial charge in [0.05, 0.1) is 6.33 Å². The van der Waals surface area contributed by atoms with Crippen molar-refractivity contribution in [2.45, 2.75) is 65.7 Å². The van der Waals surface area contributed by atoms with Crippen molar-refractivity contribution in [3.05, 3.63) is 60.2 Å². The van der Waals surface area contributed by atoms with Crippen LogP contribution in [0.3, 0.4) is 0 Å². The fourth-order valence-electron chi connectivity index (χ4n) is 4.73. The quantitative estimate of drug-likeness (QED) is 0.209. The van der Waals surface area contributed by atoms with E-state index < -0.39 is 42.4 Å². The van der Waals surface area contributed by atoms with Crippen molar-refractivity contribution >= 4 is 34.9 Å². The van der Waals surface area contributed by atoms with Gasteiger partial charge in [-0.25, -0.2) is 15.0 Å². The Morgan fingerprint density at radius 2 is 1.77 bits per heavy atom. The molecule has 4 atom stereocenters. The van der Waals surface area contributed by atoms with Crippen molar-refractivity contribution in [1.29, 1.82) is 0 Å². The maximum absolute atomic E-state index is 12.1. The second kappa shape index (κ2) is 12.2. The highest BCUT2D eigenvalue weighted by Crippen LogP contribution is 2.37. The molecule has 0 aliphatic carbocycles. The van der Waals surface area contributed by atoms with Crippen LogP contribution in [-0.4, -0.2) is 68.9 Å². The third kappa shape index (κ3) is 6.28. The number of hydrogen-bond donors (Lipinski definition) is 0. The maximum Gasteiger partial charge on any atom is 0.303 e. The highest BCUT2D eigenvalue weighted by atomic mass is 16.7. The second-order valence-electron chi connectivity index (χ2n) is 9.64. The van der Waals surface area contributed by atoms with E-state index in [4.69, 9.17) is 18.9 Å². The predicted molar refractivity (Wildman–Crippen MR) is 144 cm³/mol. The minimum Gasteiger partial charge on any atom is -0.463 e. The van der Waals surface area contributed by atoms with Crippen molar-refractivity contribution in [3.63, 3.8) is 0 Å². The maximum atomic E-state index is 12.1. The summed E-state index contributed by atoms with van der Waals surface area (Å²) < 4.78 is 23.9. The smallest absolute Gasteiger partial charge is 0.303 e. The number of fused-ring (bicyclic) bond motifs is 1. The molecule has 0 unspecified atom stereocenters. The molecule has 1 aliphatic heterocycles. The molecule has 0 saturated carbocycles. The van der Waals surface area contributed by atoms with Crippen LogP contribution in [0.5, 0.6) is 0 Å². The van der Waals surface area contributed by atoms with E-state index in [1.54, 1.807) is 10.6 Å². The van der Waals surface area contributed by atoms with Gasteiger partial charge in [-0.2, -0.15) is 0 Å². The van der Waals surface area contributed by atoms with Crippen LogP contribution in [0.25, 0.3) is 11.2 Å². The molecule has 1 fully saturated rings. The number of esters is 3. The molecular weight excluding hydrogens is 518 g/mol. The van der Waals surface area contributed by atoms with E-state index in [9.17, 15) is 14.4 Å². The minimum absolute atomic E-state index is 0.211. The van der Waals surface area contributed by atoms with Crippen molar-refractivity contribution < 1.29 is 33.3 Å². The van der Waals surface area contributed by atoms with Gasteiger partial charge in [-0.3, -0.25) is 19.0 Å². The van der Waals surface area contributed by atoms with Gasteiger partial charge >= 0.3 is 17.9 Å². The van der Waals surface area contributed by atoms with E-state index in [0.29, 0.717) is 30.1 Å². The number of anilines is 1. The van der Waals surface area contributed by atoms with Gasteiger partial charge in [-0.15, -0.1) is 6.58 Å². The summed E-state index contributed by atoms with van der Waals surface area (Å²) >= 11 is 0. The molecule has 0 amide bonds. The van der Waals surface area contributed by atoms with E-state index >= 15 is 0 Å². The van der Waals surface area contributed by atoms with Gasteiger partial charge in [0.1, 0.15) is 19.0 Å². The van der Waals surface area contributed by atoms with Gasteiger partial charge in [0.15, 0.2) is 35.4 Å². The molecule has 212 valence electrons. The lowest BCUT2D eigenvalue weighted by molar-refractivity contribution is -0.166. The van der Waals surface area contributed by atoms with Gasteiger partial charge < -0.3 is 23.8 Å². The molecule has 1 saturated heterocycles. The molecule has 2 aromatic heterocycles. The Morgan fingerprint density at radius 3 is 2.45 bits per heavy atom. The molecule has 12 nitrogen and oxygen atoms in total. The van der Waals surface area contributed by atoms with Crippen LogP contribution >= 0.6 is 0 Å². The van der Waals surface area contributed by atoms with Gasteiger partial charge in [0.2, 0.25) is 0 Å². The number of carbonyl (C=O) groups excluding carboxylic acids is 3. The largest absolute Gasteiger partial charge is 0.463 e. The Labute approximate surface area is 231 Å². The fourth-order valence-corrected chi connectivity index (χ4v) is 4.73. The van der Waals surface area contributed by atoms with Gasteiger partial charge in [0.25, 0.3) is 0 Å². The first-order valence-corrected chi connectivity index (χ1v) is 12.8. The van der Waals surface area contributed by atoms with Gasteiger partial charge in [-0.1, -0.05) is 29.8 Å². The zero-order valence-corrected chi connectivity index (χ0v) is 23.2. The van der Waals surface area contributed by atoms with E-state index in [2.05, 4.69) is 46.7 Å². The van der Waals surface area contributed by atoms with E-state index in [1.807, 2.05) is 11.8 Å². The highest BCUT2D eigenvalue weighted by molar-refractivity contribution is 5.83. The summed E-state index contributed by atoms with van der Waals surface area (Å²) in [5.74, 6) is -1.16. The van der Waals surface area contributed by atoms with Crippen LogP contribution in [0.1, 0.15) is 43.7 Å². The zero-order chi connectivity index (χ0) is 29.0. The minimum atomic E-state index is -1.06. The molecule has 1 aliphatic rings. The number of imidazole rings is 1. The third-order valence-corrected chi connectivity index (χ3v) is 6.47. The Kier molecular flexibility index (Phi) is 8.78. The number of ether oxygens (including phenoxy) is 4. The van der Waals surface area contributed by atoms with Crippen molar-refractivity contribution in [3.8, 4) is 0 Å². The van der Waals surface area contributed by atoms with Gasteiger partial charge in [-0.05, 0) is 25.0 Å². The molecule has 0 bridgehead atoms. The molecule has 3 aromatic rings. The molecule has 0 spiro atoms. The summed E-state index contributed by atoms with van der Waals surface area (Å²) in [4.78, 5) is 51.1. The number of hydrogen-bond acceptors (Lipinski definition) is 11. The first-order chi connectivity index (χ1) is 19.1. The number of aromatic nitrogens is 4. The molecule has 0 radical (unpaired) electrons. The summed E-state index contributed by atoms with van der Waals surface area (Å²) in [5.41, 5.74) is 4.34. The Morgan fingerprint density at radius 1 is 1.05 bits per heavy atom. The first kappa shape index (κ1) is 28.7. The second-order valence-corrected chi connectivity index (χ2v) is 9.64. The Balaban J connectivity index is 1.74. The first-order valence-electron chi connectivity index (χ1n) is 12.8. The summed E-state index contributed by atoms with van der Waals surface area (Å²) in [5, 5.41) is 0. The Hall–Kier alpha value is -4.32. The van der Waals surface area contributed by atoms with E-state index in [0.717, 1.165) is 16.7 Å². The van der Waals surface area contributed by atoms with Gasteiger partial charge in [0, 0.05) is 33.9 Å². The molecule has 40 heavy (non-hydrogen) atoms. The lowest BCUT2D eigenvalue weighted by atomic mass is 10.1. The SMILES string of the molecule is C=CCN(Cc1cc(C)ccc1C)c1ncnc2c1ncn2[C@@H]1O[C@H](COC(C)=O)[C@@H](OC(C)=O)[C@H]1OC(C)=O. The standard InChI is InChI=1S/C28H33N5O7/c1-7-10-32(12-21-11-16(2)8-9-17(21)3)26-23-27(30-14-29-26)33(15-31-23)28-25(39-20(6)36)24(38-19(5)35)22(40-28)13-37-18(4)34/h7-9,11,14-15,22,24-25,28H,1,10,12-13H2,2-6H3/t22-,24-,25-,28-/m1/s1. The van der Waals surface area contributed by atoms with E-state index in [-0.39, 0.29) is 6.61 Å². The molecular formula is C28H33N5O7. The number of aryl methyl sites for hydroxylation is 2. The third-order valence-electron chi connectivity index (χ3n) is 6.47. The number of carbonyl (C=O) groups is 3. The summed E-state index contributed by atoms with van der Waals surface area (Å²) in [6.07, 6.45) is 0.743. The number of benzene rings is 1. The van der Waals surface area contributed by atoms with E-state index in [1.165, 1.54) is 33.4 Å².